The Kier molecular flexibility index (Phi) is 3.85. The molecule has 2 aromatic rings. The summed E-state index contributed by atoms with van der Waals surface area (Å²) in [6.07, 6.45) is 1.63. The number of aryl methyl sites for hydroxylation is 1. The number of hydrogen-bond acceptors (Lipinski definition) is 3. The predicted molar refractivity (Wildman–Crippen MR) is 71.6 cm³/mol. The van der Waals surface area contributed by atoms with Gasteiger partial charge in [0.2, 0.25) is 0 Å². The Hall–Kier alpha value is -2.30. The van der Waals surface area contributed by atoms with Gasteiger partial charge in [-0.25, -0.2) is 0 Å². The van der Waals surface area contributed by atoms with Crippen LogP contribution in [0, 0.1) is 0 Å². The standard InChI is InChI=1S/C14H15NO4/c1-2-19-10-3-4-11-12(9-10)15(7-5-13(11)16)8-6-14(17)18/h3-5,7,9H,2,6,8H2,1H3,(H,17,18). The molecule has 1 N–H and O–H groups in total. The van der Waals surface area contributed by atoms with Gasteiger partial charge in [0, 0.05) is 30.3 Å². The zero-order valence-corrected chi connectivity index (χ0v) is 10.6. The van der Waals surface area contributed by atoms with Gasteiger partial charge >= 0.3 is 5.97 Å². The molecule has 0 aliphatic rings. The Morgan fingerprint density at radius 1 is 1.37 bits per heavy atom. The molecule has 1 heterocycles. The average molecular weight is 261 g/mol. The second-order valence-corrected chi connectivity index (χ2v) is 4.13. The lowest BCUT2D eigenvalue weighted by Crippen LogP contribution is -2.10. The van der Waals surface area contributed by atoms with Gasteiger partial charge in [-0.2, -0.15) is 0 Å². The van der Waals surface area contributed by atoms with Crippen LogP contribution in [0.4, 0.5) is 0 Å². The molecule has 5 nitrogen and oxygen atoms in total. The van der Waals surface area contributed by atoms with Gasteiger partial charge in [0.1, 0.15) is 5.75 Å². The lowest BCUT2D eigenvalue weighted by atomic mass is 10.2. The Balaban J connectivity index is 2.50. The number of benzene rings is 1. The number of carbonyl (C=O) groups is 1. The summed E-state index contributed by atoms with van der Waals surface area (Å²) >= 11 is 0. The summed E-state index contributed by atoms with van der Waals surface area (Å²) in [6, 6.07) is 6.67. The Morgan fingerprint density at radius 2 is 2.16 bits per heavy atom. The molecule has 5 heteroatoms. The summed E-state index contributed by atoms with van der Waals surface area (Å²) in [7, 11) is 0. The van der Waals surface area contributed by atoms with Gasteiger partial charge in [0.05, 0.1) is 18.5 Å². The smallest absolute Gasteiger partial charge is 0.305 e. The number of carboxylic acids is 1. The van der Waals surface area contributed by atoms with Crippen LogP contribution in [0.5, 0.6) is 5.75 Å². The number of fused-ring (bicyclic) bond motifs is 1. The number of nitrogens with zero attached hydrogens (tertiary/aromatic N) is 1. The number of pyridine rings is 1. The van der Waals surface area contributed by atoms with Crippen LogP contribution in [0.25, 0.3) is 10.9 Å². The lowest BCUT2D eigenvalue weighted by molar-refractivity contribution is -0.137. The molecule has 0 unspecified atom stereocenters. The maximum atomic E-state index is 11.8. The van der Waals surface area contributed by atoms with Gasteiger partial charge in [-0.1, -0.05) is 0 Å². The molecule has 2 rings (SSSR count). The Morgan fingerprint density at radius 3 is 2.84 bits per heavy atom. The molecule has 0 radical (unpaired) electrons. The van der Waals surface area contributed by atoms with E-state index in [2.05, 4.69) is 0 Å². The molecule has 0 fully saturated rings. The zero-order valence-electron chi connectivity index (χ0n) is 10.6. The summed E-state index contributed by atoms with van der Waals surface area (Å²) in [5.74, 6) is -0.197. The van der Waals surface area contributed by atoms with E-state index in [1.807, 2.05) is 6.92 Å². The fourth-order valence-corrected chi connectivity index (χ4v) is 1.95. The van der Waals surface area contributed by atoms with E-state index in [0.717, 1.165) is 0 Å². The molecule has 0 aliphatic heterocycles. The molecule has 0 saturated carbocycles. The third-order valence-electron chi connectivity index (χ3n) is 2.83. The number of ether oxygens (including phenoxy) is 1. The van der Waals surface area contributed by atoms with Crippen LogP contribution in [-0.2, 0) is 11.3 Å². The van der Waals surface area contributed by atoms with Crippen LogP contribution in [0.2, 0.25) is 0 Å². The summed E-state index contributed by atoms with van der Waals surface area (Å²) in [5.41, 5.74) is 0.615. The summed E-state index contributed by atoms with van der Waals surface area (Å²) in [6.45, 7) is 2.74. The van der Waals surface area contributed by atoms with Crippen molar-refractivity contribution in [3.63, 3.8) is 0 Å². The van der Waals surface area contributed by atoms with E-state index in [4.69, 9.17) is 9.84 Å². The van der Waals surface area contributed by atoms with Crippen molar-refractivity contribution in [2.75, 3.05) is 6.61 Å². The highest BCUT2D eigenvalue weighted by atomic mass is 16.5. The van der Waals surface area contributed by atoms with Crippen molar-refractivity contribution in [1.29, 1.82) is 0 Å². The molecule has 0 atom stereocenters. The molecule has 19 heavy (non-hydrogen) atoms. The molecule has 1 aromatic carbocycles. The number of carboxylic acid groups (broad SMARTS) is 1. The maximum absolute atomic E-state index is 11.8. The summed E-state index contributed by atoms with van der Waals surface area (Å²) in [4.78, 5) is 22.4. The van der Waals surface area contributed by atoms with Crippen molar-refractivity contribution in [1.82, 2.24) is 4.57 Å². The first-order valence-electron chi connectivity index (χ1n) is 6.09. The third kappa shape index (κ3) is 2.93. The van der Waals surface area contributed by atoms with Crippen LogP contribution in [0.1, 0.15) is 13.3 Å². The first-order valence-corrected chi connectivity index (χ1v) is 6.09. The minimum Gasteiger partial charge on any atom is -0.494 e. The van der Waals surface area contributed by atoms with Crippen LogP contribution in [-0.4, -0.2) is 22.2 Å². The number of aromatic nitrogens is 1. The molecule has 0 amide bonds. The maximum Gasteiger partial charge on any atom is 0.305 e. The summed E-state index contributed by atoms with van der Waals surface area (Å²) < 4.78 is 7.16. The van der Waals surface area contributed by atoms with Gasteiger partial charge in [0.15, 0.2) is 5.43 Å². The highest BCUT2D eigenvalue weighted by Gasteiger charge is 2.06. The molecule has 1 aromatic heterocycles. The summed E-state index contributed by atoms with van der Waals surface area (Å²) in [5, 5.41) is 9.31. The quantitative estimate of drug-likeness (QED) is 0.892. The molecule has 0 aliphatic carbocycles. The lowest BCUT2D eigenvalue weighted by Gasteiger charge is -2.11. The highest BCUT2D eigenvalue weighted by molar-refractivity contribution is 5.80. The topological polar surface area (TPSA) is 68.5 Å². The first kappa shape index (κ1) is 13.1. The van der Waals surface area contributed by atoms with Crippen molar-refractivity contribution in [3.8, 4) is 5.75 Å². The third-order valence-corrected chi connectivity index (χ3v) is 2.83. The average Bonchev–Trinajstić information content (AvgIpc) is 2.38. The van der Waals surface area contributed by atoms with E-state index < -0.39 is 5.97 Å². The van der Waals surface area contributed by atoms with E-state index >= 15 is 0 Å². The van der Waals surface area contributed by atoms with E-state index in [9.17, 15) is 9.59 Å². The minimum absolute atomic E-state index is 0.0107. The normalized spacial score (nSPS) is 10.6. The van der Waals surface area contributed by atoms with Gasteiger partial charge in [-0.05, 0) is 19.1 Å². The Bertz CT molecular complexity index is 660. The fourth-order valence-electron chi connectivity index (χ4n) is 1.95. The minimum atomic E-state index is -0.868. The molecule has 0 bridgehead atoms. The van der Waals surface area contributed by atoms with E-state index in [1.54, 1.807) is 29.0 Å². The monoisotopic (exact) mass is 261 g/mol. The van der Waals surface area contributed by atoms with Gasteiger partial charge < -0.3 is 14.4 Å². The molecular formula is C14H15NO4. The predicted octanol–water partition coefficient (Wildman–Crippen LogP) is 1.87. The number of rotatable bonds is 5. The van der Waals surface area contributed by atoms with Crippen molar-refractivity contribution >= 4 is 16.9 Å². The van der Waals surface area contributed by atoms with Crippen LogP contribution in [0.15, 0.2) is 35.3 Å². The van der Waals surface area contributed by atoms with Crippen LogP contribution in [0.3, 0.4) is 0 Å². The number of hydrogen-bond donors (Lipinski definition) is 1. The first-order chi connectivity index (χ1) is 9.11. The molecular weight excluding hydrogens is 246 g/mol. The van der Waals surface area contributed by atoms with Gasteiger partial charge in [-0.15, -0.1) is 0 Å². The van der Waals surface area contributed by atoms with E-state index in [0.29, 0.717) is 29.8 Å². The highest BCUT2D eigenvalue weighted by Crippen LogP contribution is 2.19. The van der Waals surface area contributed by atoms with E-state index in [1.165, 1.54) is 6.07 Å². The second-order valence-electron chi connectivity index (χ2n) is 4.13. The SMILES string of the molecule is CCOc1ccc2c(=O)ccn(CCC(=O)O)c2c1. The van der Waals surface area contributed by atoms with Crippen LogP contribution >= 0.6 is 0 Å². The van der Waals surface area contributed by atoms with Crippen LogP contribution < -0.4 is 10.2 Å². The van der Waals surface area contributed by atoms with Gasteiger partial charge in [-0.3, -0.25) is 9.59 Å². The van der Waals surface area contributed by atoms with Crippen molar-refractivity contribution in [2.24, 2.45) is 0 Å². The Labute approximate surface area is 110 Å². The molecule has 0 spiro atoms. The van der Waals surface area contributed by atoms with E-state index in [-0.39, 0.29) is 11.8 Å². The second kappa shape index (κ2) is 5.56. The van der Waals surface area contributed by atoms with Crippen molar-refractivity contribution in [2.45, 2.75) is 19.9 Å². The fraction of sp³-hybridized carbons (Fsp3) is 0.286. The van der Waals surface area contributed by atoms with Gasteiger partial charge in [0.25, 0.3) is 0 Å². The largest absolute Gasteiger partial charge is 0.494 e. The number of aliphatic carboxylic acids is 1. The van der Waals surface area contributed by atoms with Crippen molar-refractivity contribution < 1.29 is 14.6 Å². The van der Waals surface area contributed by atoms with Crippen molar-refractivity contribution in [3.05, 3.63) is 40.7 Å². The molecule has 100 valence electrons. The molecule has 0 saturated heterocycles. The zero-order chi connectivity index (χ0) is 13.8.